The summed E-state index contributed by atoms with van der Waals surface area (Å²) in [7, 11) is 0. The van der Waals surface area contributed by atoms with Gasteiger partial charge < -0.3 is 14.8 Å². The van der Waals surface area contributed by atoms with Gasteiger partial charge in [-0.25, -0.2) is 13.6 Å². The molecule has 0 bridgehead atoms. The second-order valence-electron chi connectivity index (χ2n) is 5.07. The molecule has 1 N–H and O–H groups in total. The molecule has 0 saturated heterocycles. The van der Waals surface area contributed by atoms with Crippen LogP contribution in [0.3, 0.4) is 0 Å². The number of ether oxygens (including phenoxy) is 2. The summed E-state index contributed by atoms with van der Waals surface area (Å²) in [5.74, 6) is -3.98. The van der Waals surface area contributed by atoms with E-state index in [1.165, 1.54) is 19.1 Å². The Morgan fingerprint density at radius 1 is 1.00 bits per heavy atom. The highest BCUT2D eigenvalue weighted by Crippen LogP contribution is 2.17. The number of alkyl halides is 2. The first kappa shape index (κ1) is 19.2. The van der Waals surface area contributed by atoms with E-state index < -0.39 is 36.2 Å². The van der Waals surface area contributed by atoms with Crippen LogP contribution in [0, 0.1) is 11.6 Å². The zero-order valence-corrected chi connectivity index (χ0v) is 13.3. The predicted molar refractivity (Wildman–Crippen MR) is 82.9 cm³/mol. The highest BCUT2D eigenvalue weighted by Gasteiger charge is 2.19. The number of rotatable bonds is 6. The minimum Gasteiger partial charge on any atom is -0.449 e. The molecule has 2 aromatic carbocycles. The van der Waals surface area contributed by atoms with Crippen molar-refractivity contribution in [1.29, 1.82) is 0 Å². The van der Waals surface area contributed by atoms with Crippen molar-refractivity contribution < 1.29 is 36.6 Å². The lowest BCUT2D eigenvalue weighted by Gasteiger charge is -2.14. The minimum atomic E-state index is -2.99. The number of esters is 1. The van der Waals surface area contributed by atoms with Crippen LogP contribution in [0.1, 0.15) is 17.3 Å². The molecule has 0 aliphatic carbocycles. The molecule has 0 aliphatic rings. The third-order valence-corrected chi connectivity index (χ3v) is 3.16. The van der Waals surface area contributed by atoms with Gasteiger partial charge in [0.2, 0.25) is 0 Å². The number of halogens is 4. The molecule has 5 nitrogen and oxygen atoms in total. The molecule has 0 aromatic heterocycles. The molecule has 138 valence electrons. The molecule has 1 amide bonds. The first-order valence-electron chi connectivity index (χ1n) is 7.28. The van der Waals surface area contributed by atoms with Crippen LogP contribution in [-0.4, -0.2) is 24.6 Å². The molecular weight excluding hydrogens is 358 g/mol. The zero-order chi connectivity index (χ0) is 19.3. The summed E-state index contributed by atoms with van der Waals surface area (Å²) in [5, 5.41) is 2.27. The lowest BCUT2D eigenvalue weighted by molar-refractivity contribution is -0.123. The molecule has 9 heteroatoms. The van der Waals surface area contributed by atoms with Crippen LogP contribution in [0.4, 0.5) is 23.2 Å². The largest absolute Gasteiger partial charge is 0.449 e. The SMILES string of the molecule is C[C@@H](OC(=O)c1ccc(OC(F)F)cc1)C(=O)Nc1ccc(F)c(F)c1. The van der Waals surface area contributed by atoms with Gasteiger partial charge in [0.05, 0.1) is 5.56 Å². The van der Waals surface area contributed by atoms with Gasteiger partial charge in [-0.2, -0.15) is 8.78 Å². The van der Waals surface area contributed by atoms with Crippen molar-refractivity contribution in [3.63, 3.8) is 0 Å². The quantitative estimate of drug-likeness (QED) is 0.621. The van der Waals surface area contributed by atoms with Crippen molar-refractivity contribution in [3.8, 4) is 5.75 Å². The van der Waals surface area contributed by atoms with Gasteiger partial charge in [0.15, 0.2) is 17.7 Å². The van der Waals surface area contributed by atoms with E-state index in [-0.39, 0.29) is 17.0 Å². The standard InChI is InChI=1S/C17H13F4NO4/c1-9(15(23)22-11-4-7-13(18)14(19)8-11)25-16(24)10-2-5-12(6-3-10)26-17(20)21/h2-9,17H,1H3,(H,22,23)/t9-/m1/s1. The Balaban J connectivity index is 1.94. The van der Waals surface area contributed by atoms with E-state index in [0.29, 0.717) is 0 Å². The first-order chi connectivity index (χ1) is 12.3. The van der Waals surface area contributed by atoms with E-state index in [1.54, 1.807) is 0 Å². The van der Waals surface area contributed by atoms with Gasteiger partial charge >= 0.3 is 12.6 Å². The highest BCUT2D eigenvalue weighted by molar-refractivity contribution is 5.97. The number of anilines is 1. The molecule has 2 rings (SSSR count). The van der Waals surface area contributed by atoms with E-state index >= 15 is 0 Å². The lowest BCUT2D eigenvalue weighted by Crippen LogP contribution is -2.30. The summed E-state index contributed by atoms with van der Waals surface area (Å²) in [6, 6.07) is 7.45. The van der Waals surface area contributed by atoms with Gasteiger partial charge in [0.1, 0.15) is 5.75 Å². The summed E-state index contributed by atoms with van der Waals surface area (Å²) < 4.78 is 59.2. The number of hydrogen-bond donors (Lipinski definition) is 1. The minimum absolute atomic E-state index is 0.00898. The fourth-order valence-electron chi connectivity index (χ4n) is 1.87. The average Bonchev–Trinajstić information content (AvgIpc) is 2.58. The van der Waals surface area contributed by atoms with Crippen molar-refractivity contribution in [2.24, 2.45) is 0 Å². The second kappa shape index (κ2) is 8.32. The van der Waals surface area contributed by atoms with Gasteiger partial charge in [-0.05, 0) is 43.3 Å². The predicted octanol–water partition coefficient (Wildman–Crippen LogP) is 3.75. The third-order valence-electron chi connectivity index (χ3n) is 3.16. The molecule has 0 heterocycles. The number of benzene rings is 2. The van der Waals surface area contributed by atoms with Crippen LogP contribution in [0.2, 0.25) is 0 Å². The molecule has 0 unspecified atom stereocenters. The normalized spacial score (nSPS) is 11.8. The fraction of sp³-hybridized carbons (Fsp3) is 0.176. The van der Waals surface area contributed by atoms with Crippen LogP contribution in [0.15, 0.2) is 42.5 Å². The number of carbonyl (C=O) groups excluding carboxylic acids is 2. The summed E-state index contributed by atoms with van der Waals surface area (Å²) >= 11 is 0. The Morgan fingerprint density at radius 2 is 1.65 bits per heavy atom. The Bertz CT molecular complexity index is 796. The van der Waals surface area contributed by atoms with E-state index in [2.05, 4.69) is 10.1 Å². The van der Waals surface area contributed by atoms with Gasteiger partial charge in [-0.3, -0.25) is 4.79 Å². The van der Waals surface area contributed by atoms with Crippen molar-refractivity contribution in [2.45, 2.75) is 19.6 Å². The van der Waals surface area contributed by atoms with Crippen molar-refractivity contribution in [1.82, 2.24) is 0 Å². The number of carbonyl (C=O) groups is 2. The maximum atomic E-state index is 13.1. The third kappa shape index (κ3) is 5.20. The smallest absolute Gasteiger partial charge is 0.387 e. The molecule has 0 aliphatic heterocycles. The summed E-state index contributed by atoms with van der Waals surface area (Å²) in [6.45, 7) is -1.71. The van der Waals surface area contributed by atoms with Gasteiger partial charge in [-0.15, -0.1) is 0 Å². The van der Waals surface area contributed by atoms with Crippen LogP contribution >= 0.6 is 0 Å². The van der Waals surface area contributed by atoms with Gasteiger partial charge in [-0.1, -0.05) is 0 Å². The summed E-state index contributed by atoms with van der Waals surface area (Å²) in [4.78, 5) is 23.9. The molecule has 0 spiro atoms. The van der Waals surface area contributed by atoms with Crippen LogP contribution in [-0.2, 0) is 9.53 Å². The van der Waals surface area contributed by atoms with Crippen molar-refractivity contribution in [3.05, 3.63) is 59.7 Å². The van der Waals surface area contributed by atoms with Crippen LogP contribution in [0.5, 0.6) is 5.75 Å². The molecule has 0 radical (unpaired) electrons. The first-order valence-corrected chi connectivity index (χ1v) is 7.28. The van der Waals surface area contributed by atoms with Gasteiger partial charge in [0, 0.05) is 11.8 Å². The Labute approximate surface area is 145 Å². The molecule has 1 atom stereocenters. The number of nitrogens with one attached hydrogen (secondary N) is 1. The number of hydrogen-bond acceptors (Lipinski definition) is 4. The van der Waals surface area contributed by atoms with Crippen molar-refractivity contribution >= 4 is 17.6 Å². The van der Waals surface area contributed by atoms with Crippen LogP contribution in [0.25, 0.3) is 0 Å². The summed E-state index contributed by atoms with van der Waals surface area (Å²) in [6.07, 6.45) is -1.24. The molecule has 2 aromatic rings. The topological polar surface area (TPSA) is 64.6 Å². The fourth-order valence-corrected chi connectivity index (χ4v) is 1.87. The van der Waals surface area contributed by atoms with Gasteiger partial charge in [0.25, 0.3) is 5.91 Å². The maximum Gasteiger partial charge on any atom is 0.387 e. The highest BCUT2D eigenvalue weighted by atomic mass is 19.3. The molecule has 26 heavy (non-hydrogen) atoms. The maximum absolute atomic E-state index is 13.1. The van der Waals surface area contributed by atoms with E-state index in [1.807, 2.05) is 0 Å². The average molecular weight is 371 g/mol. The number of amides is 1. The Morgan fingerprint density at radius 3 is 2.23 bits per heavy atom. The van der Waals surface area contributed by atoms with E-state index in [9.17, 15) is 27.2 Å². The van der Waals surface area contributed by atoms with E-state index in [4.69, 9.17) is 4.74 Å². The zero-order valence-electron chi connectivity index (χ0n) is 13.3. The lowest BCUT2D eigenvalue weighted by atomic mass is 10.2. The van der Waals surface area contributed by atoms with Crippen molar-refractivity contribution in [2.75, 3.05) is 5.32 Å². The monoisotopic (exact) mass is 371 g/mol. The van der Waals surface area contributed by atoms with E-state index in [0.717, 1.165) is 30.3 Å². The second-order valence-corrected chi connectivity index (χ2v) is 5.07. The molecule has 0 saturated carbocycles. The Hall–Kier alpha value is -3.10. The van der Waals surface area contributed by atoms with Crippen LogP contribution < -0.4 is 10.1 Å². The molecule has 0 fully saturated rings. The summed E-state index contributed by atoms with van der Waals surface area (Å²) in [5.41, 5.74) is 0.00407. The molecular formula is C17H13F4NO4. The Kier molecular flexibility index (Phi) is 6.16.